The van der Waals surface area contributed by atoms with Gasteiger partial charge in [0, 0.05) is 91.8 Å². The Kier molecular flexibility index (Phi) is 14.9. The number of likely N-dealkylation sites (tertiary alicyclic amines) is 2. The Labute approximate surface area is 367 Å². The van der Waals surface area contributed by atoms with E-state index >= 15 is 0 Å². The van der Waals surface area contributed by atoms with Gasteiger partial charge in [0.1, 0.15) is 11.6 Å². The van der Waals surface area contributed by atoms with Crippen LogP contribution in [0.15, 0.2) is 48.5 Å². The largest absolute Gasteiger partial charge is 0.450 e. The fourth-order valence-electron chi connectivity index (χ4n) is 12.3. The molecular formula is C49H70F2N6O5. The fourth-order valence-corrected chi connectivity index (χ4v) is 12.3. The summed E-state index contributed by atoms with van der Waals surface area (Å²) >= 11 is 0. The molecule has 4 bridgehead atoms. The molecule has 1 aliphatic carbocycles. The lowest BCUT2D eigenvalue weighted by molar-refractivity contribution is -0.124. The van der Waals surface area contributed by atoms with Gasteiger partial charge in [-0.05, 0) is 152 Å². The van der Waals surface area contributed by atoms with Gasteiger partial charge < -0.3 is 39.3 Å². The highest BCUT2D eigenvalue weighted by Crippen LogP contribution is 2.41. The van der Waals surface area contributed by atoms with Gasteiger partial charge in [-0.3, -0.25) is 4.79 Å². The molecule has 6 heterocycles. The maximum atomic E-state index is 13.7. The van der Waals surface area contributed by atoms with E-state index in [1.54, 1.807) is 12.1 Å². The van der Waals surface area contributed by atoms with Crippen molar-refractivity contribution >= 4 is 29.5 Å². The van der Waals surface area contributed by atoms with Crippen LogP contribution in [0.1, 0.15) is 123 Å². The minimum Gasteiger partial charge on any atom is -0.450 e. The quantitative estimate of drug-likeness (QED) is 0.267. The number of hydrogen-bond acceptors (Lipinski definition) is 8. The van der Waals surface area contributed by atoms with E-state index in [4.69, 9.17) is 9.47 Å². The number of amides is 3. The second kappa shape index (κ2) is 20.7. The van der Waals surface area contributed by atoms with Crippen molar-refractivity contribution in [3.8, 4) is 0 Å². The first-order chi connectivity index (χ1) is 30.2. The molecule has 13 heteroatoms. The van der Waals surface area contributed by atoms with Gasteiger partial charge in [-0.2, -0.15) is 0 Å². The van der Waals surface area contributed by atoms with Crippen LogP contribution in [0.25, 0.3) is 0 Å². The summed E-state index contributed by atoms with van der Waals surface area (Å²) < 4.78 is 37.3. The van der Waals surface area contributed by atoms with Gasteiger partial charge in [0.25, 0.3) is 0 Å². The summed E-state index contributed by atoms with van der Waals surface area (Å²) in [7, 11) is 0. The molecular weight excluding hydrogens is 791 g/mol. The van der Waals surface area contributed by atoms with Crippen LogP contribution in [0.5, 0.6) is 0 Å². The Hall–Kier alpha value is -3.97. The zero-order valence-electron chi connectivity index (χ0n) is 37.1. The molecule has 340 valence electrons. The van der Waals surface area contributed by atoms with E-state index in [0.29, 0.717) is 55.5 Å². The molecule has 0 aromatic heterocycles. The number of halogens is 2. The Morgan fingerprint density at radius 1 is 0.581 bits per heavy atom. The van der Waals surface area contributed by atoms with Crippen LogP contribution >= 0.6 is 0 Å². The molecule has 6 aliphatic heterocycles. The van der Waals surface area contributed by atoms with Crippen molar-refractivity contribution in [2.24, 2.45) is 5.92 Å². The molecule has 9 rings (SSSR count). The zero-order chi connectivity index (χ0) is 43.2. The van der Waals surface area contributed by atoms with Crippen LogP contribution in [0.4, 0.5) is 29.7 Å². The molecule has 2 aromatic rings. The van der Waals surface area contributed by atoms with Crippen LogP contribution < -0.4 is 10.2 Å². The summed E-state index contributed by atoms with van der Waals surface area (Å²) in [6.45, 7) is 8.71. The molecule has 4 unspecified atom stereocenters. The molecule has 7 aliphatic rings. The van der Waals surface area contributed by atoms with Gasteiger partial charge in [0.05, 0.1) is 13.2 Å². The number of rotatable bonds is 9. The number of nitrogens with one attached hydrogen (secondary N) is 1. The van der Waals surface area contributed by atoms with E-state index < -0.39 is 0 Å². The predicted octanol–water partition coefficient (Wildman–Crippen LogP) is 9.21. The number of ether oxygens (including phenoxy) is 2. The van der Waals surface area contributed by atoms with Crippen molar-refractivity contribution < 1.29 is 32.6 Å². The van der Waals surface area contributed by atoms with Gasteiger partial charge in [0.15, 0.2) is 0 Å². The van der Waals surface area contributed by atoms with Crippen molar-refractivity contribution in [3.63, 3.8) is 0 Å². The Balaban J connectivity index is 0.000000176. The van der Waals surface area contributed by atoms with Crippen molar-refractivity contribution in [1.29, 1.82) is 0 Å². The van der Waals surface area contributed by atoms with Gasteiger partial charge in [0.2, 0.25) is 5.91 Å². The van der Waals surface area contributed by atoms with E-state index in [1.807, 2.05) is 40.7 Å². The average molecular weight is 861 g/mol. The van der Waals surface area contributed by atoms with Crippen LogP contribution in [0, 0.1) is 17.6 Å². The van der Waals surface area contributed by atoms with Crippen LogP contribution in [-0.4, -0.2) is 125 Å². The van der Waals surface area contributed by atoms with E-state index in [0.717, 1.165) is 140 Å². The molecule has 0 spiro atoms. The first-order valence-corrected chi connectivity index (χ1v) is 24.2. The zero-order valence-corrected chi connectivity index (χ0v) is 37.1. The summed E-state index contributed by atoms with van der Waals surface area (Å²) in [5.41, 5.74) is 1.83. The van der Waals surface area contributed by atoms with Gasteiger partial charge in [-0.15, -0.1) is 0 Å². The van der Waals surface area contributed by atoms with Crippen LogP contribution in [0.3, 0.4) is 0 Å². The van der Waals surface area contributed by atoms with E-state index in [1.165, 1.54) is 30.7 Å². The first-order valence-electron chi connectivity index (χ1n) is 24.2. The first kappa shape index (κ1) is 44.6. The topological polar surface area (TPSA) is 97.9 Å². The molecule has 6 saturated heterocycles. The third kappa shape index (κ3) is 10.4. The molecule has 1 saturated carbocycles. The van der Waals surface area contributed by atoms with E-state index in [2.05, 4.69) is 15.1 Å². The third-order valence-corrected chi connectivity index (χ3v) is 15.3. The van der Waals surface area contributed by atoms with Gasteiger partial charge in [-0.25, -0.2) is 18.4 Å². The lowest BCUT2D eigenvalue weighted by Gasteiger charge is -2.46. The van der Waals surface area contributed by atoms with E-state index in [9.17, 15) is 23.2 Å². The lowest BCUT2D eigenvalue weighted by atomic mass is 9.87. The summed E-state index contributed by atoms with van der Waals surface area (Å²) in [6.07, 6.45) is 17.8. The molecule has 3 amide bonds. The summed E-state index contributed by atoms with van der Waals surface area (Å²) in [4.78, 5) is 49.6. The average Bonchev–Trinajstić information content (AvgIpc) is 3.72. The highest BCUT2D eigenvalue weighted by Gasteiger charge is 2.47. The highest BCUT2D eigenvalue weighted by atomic mass is 19.1. The second-order valence-corrected chi connectivity index (χ2v) is 19.0. The van der Waals surface area contributed by atoms with Crippen molar-refractivity contribution in [2.45, 2.75) is 171 Å². The predicted molar refractivity (Wildman–Crippen MR) is 237 cm³/mol. The minimum atomic E-state index is -0.266. The number of carbonyl (C=O) groups excluding carboxylic acids is 3. The summed E-state index contributed by atoms with van der Waals surface area (Å²) in [5.74, 6) is -0.137. The van der Waals surface area contributed by atoms with Crippen LogP contribution in [0.2, 0.25) is 0 Å². The second-order valence-electron chi connectivity index (χ2n) is 19.0. The van der Waals surface area contributed by atoms with Gasteiger partial charge in [-0.1, -0.05) is 19.3 Å². The Bertz CT molecular complexity index is 1750. The molecule has 7 fully saturated rings. The normalized spacial score (nSPS) is 28.5. The SMILES string of the molecule is CCOC(=O)N1C2CCC1CC(N1CCC(N(C(=O)C3CCCCC3)c3ccc(F)cc3)CC1)C2.CCOC(=O)N1C2CCC1CC(N1CCC(Nc3ccc(F)cc3)CC1)C2. The molecule has 2 aromatic carbocycles. The molecule has 0 radical (unpaired) electrons. The van der Waals surface area contributed by atoms with Crippen LogP contribution in [-0.2, 0) is 14.3 Å². The number of anilines is 2. The maximum Gasteiger partial charge on any atom is 0.410 e. The van der Waals surface area contributed by atoms with Gasteiger partial charge >= 0.3 is 12.2 Å². The lowest BCUT2D eigenvalue weighted by Crippen LogP contribution is -2.56. The number of hydrogen-bond donors (Lipinski definition) is 1. The standard InChI is InChI=1S/C28H40FN3O3.C21H30FN3O2/c1-2-35-28(34)32-24-12-13-25(32)19-26(18-24)30-16-14-23(15-17-30)31(22-10-8-21(29)9-11-22)27(33)20-6-4-3-5-7-20;1-2-27-21(26)25-18-7-8-19(25)14-20(13-18)24-11-9-17(10-12-24)23-16-5-3-15(22)4-6-16/h8-11,20,23-26H,2-7,12-19H2,1H3;3-6,17-20,23H,2,7-14H2,1H3. The number of piperidine rings is 4. The molecule has 11 nitrogen and oxygen atoms in total. The van der Waals surface area contributed by atoms with Crippen molar-refractivity contribution in [3.05, 3.63) is 60.2 Å². The number of nitrogens with zero attached hydrogens (tertiary/aromatic N) is 5. The smallest absolute Gasteiger partial charge is 0.410 e. The number of carbonyl (C=O) groups is 3. The summed E-state index contributed by atoms with van der Waals surface area (Å²) in [6, 6.07) is 16.1. The maximum absolute atomic E-state index is 13.7. The van der Waals surface area contributed by atoms with Crippen molar-refractivity contribution in [1.82, 2.24) is 19.6 Å². The molecule has 1 N–H and O–H groups in total. The summed E-state index contributed by atoms with van der Waals surface area (Å²) in [5, 5.41) is 3.53. The highest BCUT2D eigenvalue weighted by molar-refractivity contribution is 5.95. The monoisotopic (exact) mass is 861 g/mol. The Morgan fingerprint density at radius 2 is 1.02 bits per heavy atom. The molecule has 4 atom stereocenters. The Morgan fingerprint density at radius 3 is 1.47 bits per heavy atom. The third-order valence-electron chi connectivity index (χ3n) is 15.3. The minimum absolute atomic E-state index is 0.0923. The van der Waals surface area contributed by atoms with Crippen molar-refractivity contribution in [2.75, 3.05) is 49.6 Å². The van der Waals surface area contributed by atoms with E-state index in [-0.39, 0.29) is 41.7 Å². The number of fused-ring (bicyclic) bond motifs is 4. The number of benzene rings is 2. The fraction of sp³-hybridized carbons (Fsp3) is 0.694. The molecule has 62 heavy (non-hydrogen) atoms.